The monoisotopic (exact) mass is 274 g/mol. The second-order valence-corrected chi connectivity index (χ2v) is 5.74. The van der Waals surface area contributed by atoms with E-state index in [2.05, 4.69) is 6.92 Å². The molecule has 0 N–H and O–H groups in total. The first kappa shape index (κ1) is 17.8. The van der Waals surface area contributed by atoms with E-state index >= 15 is 0 Å². The van der Waals surface area contributed by atoms with Crippen LogP contribution in [0.1, 0.15) is 84.5 Å². The van der Waals surface area contributed by atoms with Gasteiger partial charge in [0.15, 0.2) is 0 Å². The highest BCUT2D eigenvalue weighted by Gasteiger charge is 1.95. The van der Waals surface area contributed by atoms with Crippen molar-refractivity contribution in [1.82, 2.24) is 0 Å². The van der Waals surface area contributed by atoms with Crippen molar-refractivity contribution >= 4 is 18.0 Å². The van der Waals surface area contributed by atoms with Gasteiger partial charge in [-0.3, -0.25) is 4.79 Å². The number of carbonyl (C=O) groups excluding carboxylic acids is 1. The average molecular weight is 274 g/mol. The molecule has 0 saturated heterocycles. The molecule has 0 aliphatic carbocycles. The van der Waals surface area contributed by atoms with Crippen LogP contribution in [0.15, 0.2) is 0 Å². The zero-order valence-electron chi connectivity index (χ0n) is 12.2. The van der Waals surface area contributed by atoms with Crippen molar-refractivity contribution in [2.75, 3.05) is 5.75 Å². The molecule has 0 amide bonds. The third-order valence-corrected chi connectivity index (χ3v) is 3.82. The van der Waals surface area contributed by atoms with E-state index in [1.165, 1.54) is 83.2 Å². The van der Waals surface area contributed by atoms with Crippen molar-refractivity contribution in [2.24, 2.45) is 0 Å². The first-order chi connectivity index (χ1) is 8.77. The zero-order chi connectivity index (χ0) is 13.5. The Morgan fingerprint density at radius 3 is 1.72 bits per heavy atom. The SMILES string of the molecule is CCCCCCCCCCCCCSOC(C)=O. The number of hydrogen-bond acceptors (Lipinski definition) is 3. The number of hydrogen-bond donors (Lipinski definition) is 0. The van der Waals surface area contributed by atoms with Gasteiger partial charge in [-0.2, -0.15) is 0 Å². The summed E-state index contributed by atoms with van der Waals surface area (Å²) < 4.78 is 4.81. The lowest BCUT2D eigenvalue weighted by molar-refractivity contribution is -0.130. The highest BCUT2D eigenvalue weighted by molar-refractivity contribution is 7.95. The fourth-order valence-electron chi connectivity index (χ4n) is 1.95. The van der Waals surface area contributed by atoms with Crippen LogP contribution >= 0.6 is 12.0 Å². The van der Waals surface area contributed by atoms with Crippen LogP contribution in [0.3, 0.4) is 0 Å². The molecule has 0 aromatic heterocycles. The Bertz CT molecular complexity index is 183. The fraction of sp³-hybridized carbons (Fsp3) is 0.933. The standard InChI is InChI=1S/C15H30O2S/c1-3-4-5-6-7-8-9-10-11-12-13-14-18-17-15(2)16/h3-14H2,1-2H3. The first-order valence-electron chi connectivity index (χ1n) is 7.57. The third-order valence-electron chi connectivity index (χ3n) is 3.01. The van der Waals surface area contributed by atoms with Crippen LogP contribution in [0.5, 0.6) is 0 Å². The molecule has 0 radical (unpaired) electrons. The van der Waals surface area contributed by atoms with Crippen LogP contribution < -0.4 is 0 Å². The Kier molecular flexibility index (Phi) is 14.7. The molecule has 2 nitrogen and oxygen atoms in total. The van der Waals surface area contributed by atoms with Crippen molar-refractivity contribution in [1.29, 1.82) is 0 Å². The van der Waals surface area contributed by atoms with Crippen LogP contribution in [-0.4, -0.2) is 11.7 Å². The summed E-state index contributed by atoms with van der Waals surface area (Å²) in [4.78, 5) is 10.5. The highest BCUT2D eigenvalue weighted by atomic mass is 32.2. The predicted octanol–water partition coefficient (Wildman–Crippen LogP) is 5.51. The minimum Gasteiger partial charge on any atom is -0.392 e. The van der Waals surface area contributed by atoms with E-state index < -0.39 is 0 Å². The first-order valence-corrected chi connectivity index (χ1v) is 8.48. The second-order valence-electron chi connectivity index (χ2n) is 4.93. The Morgan fingerprint density at radius 1 is 0.833 bits per heavy atom. The van der Waals surface area contributed by atoms with E-state index in [-0.39, 0.29) is 5.97 Å². The molecule has 3 heteroatoms. The molecule has 0 atom stereocenters. The molecule has 0 aliphatic rings. The van der Waals surface area contributed by atoms with Gasteiger partial charge in [0.05, 0.1) is 12.0 Å². The van der Waals surface area contributed by atoms with Gasteiger partial charge in [0.1, 0.15) is 0 Å². The van der Waals surface area contributed by atoms with Gasteiger partial charge >= 0.3 is 5.97 Å². The summed E-state index contributed by atoms with van der Waals surface area (Å²) in [5.41, 5.74) is 0. The van der Waals surface area contributed by atoms with E-state index in [4.69, 9.17) is 4.18 Å². The molecular formula is C15H30O2S. The smallest absolute Gasteiger partial charge is 0.314 e. The number of carbonyl (C=O) groups is 1. The average Bonchev–Trinajstić information content (AvgIpc) is 2.34. The van der Waals surface area contributed by atoms with Crippen LogP contribution in [0.2, 0.25) is 0 Å². The quantitative estimate of drug-likeness (QED) is 0.327. The maximum Gasteiger partial charge on any atom is 0.314 e. The van der Waals surface area contributed by atoms with Crippen molar-refractivity contribution < 1.29 is 8.98 Å². The molecule has 108 valence electrons. The molecule has 0 unspecified atom stereocenters. The Hall–Kier alpha value is -0.180. The van der Waals surface area contributed by atoms with Gasteiger partial charge < -0.3 is 4.18 Å². The molecule has 0 heterocycles. The lowest BCUT2D eigenvalue weighted by Crippen LogP contribution is -1.91. The van der Waals surface area contributed by atoms with E-state index in [9.17, 15) is 4.79 Å². The van der Waals surface area contributed by atoms with Gasteiger partial charge in [-0.05, 0) is 6.42 Å². The van der Waals surface area contributed by atoms with Crippen LogP contribution in [-0.2, 0) is 8.98 Å². The lowest BCUT2D eigenvalue weighted by atomic mass is 10.1. The van der Waals surface area contributed by atoms with Gasteiger partial charge in [0.25, 0.3) is 0 Å². The van der Waals surface area contributed by atoms with E-state index in [1.807, 2.05) is 0 Å². The Balaban J connectivity index is 2.92. The molecule has 0 aliphatic heterocycles. The van der Waals surface area contributed by atoms with Gasteiger partial charge in [-0.1, -0.05) is 71.1 Å². The maximum atomic E-state index is 10.5. The van der Waals surface area contributed by atoms with E-state index in [0.717, 1.165) is 12.2 Å². The number of unbranched alkanes of at least 4 members (excludes halogenated alkanes) is 10. The second kappa shape index (κ2) is 14.9. The van der Waals surface area contributed by atoms with Crippen molar-refractivity contribution in [3.8, 4) is 0 Å². The van der Waals surface area contributed by atoms with Gasteiger partial charge in [-0.25, -0.2) is 0 Å². The summed E-state index contributed by atoms with van der Waals surface area (Å²) in [6.07, 6.45) is 14.9. The van der Waals surface area contributed by atoms with Gasteiger partial charge in [0.2, 0.25) is 0 Å². The van der Waals surface area contributed by atoms with Crippen LogP contribution in [0, 0.1) is 0 Å². The third kappa shape index (κ3) is 15.8. The molecule has 0 saturated carbocycles. The van der Waals surface area contributed by atoms with Gasteiger partial charge in [-0.15, -0.1) is 0 Å². The molecule has 0 aromatic carbocycles. The zero-order valence-corrected chi connectivity index (χ0v) is 13.0. The molecule has 0 spiro atoms. The van der Waals surface area contributed by atoms with E-state index in [0.29, 0.717) is 0 Å². The highest BCUT2D eigenvalue weighted by Crippen LogP contribution is 2.13. The summed E-state index contributed by atoms with van der Waals surface area (Å²) in [7, 11) is 0. The minimum absolute atomic E-state index is 0.192. The summed E-state index contributed by atoms with van der Waals surface area (Å²) in [6, 6.07) is 0. The van der Waals surface area contributed by atoms with Crippen LogP contribution in [0.25, 0.3) is 0 Å². The Morgan fingerprint density at radius 2 is 1.28 bits per heavy atom. The lowest BCUT2D eigenvalue weighted by Gasteiger charge is -2.02. The summed E-state index contributed by atoms with van der Waals surface area (Å²) in [5.74, 6) is 0.749. The largest absolute Gasteiger partial charge is 0.392 e. The normalized spacial score (nSPS) is 10.6. The van der Waals surface area contributed by atoms with Crippen LogP contribution in [0.4, 0.5) is 0 Å². The predicted molar refractivity (Wildman–Crippen MR) is 80.7 cm³/mol. The molecule has 0 aromatic rings. The van der Waals surface area contributed by atoms with Crippen molar-refractivity contribution in [3.05, 3.63) is 0 Å². The molecule has 18 heavy (non-hydrogen) atoms. The molecular weight excluding hydrogens is 244 g/mol. The topological polar surface area (TPSA) is 26.3 Å². The molecule has 0 fully saturated rings. The molecule has 0 bridgehead atoms. The van der Waals surface area contributed by atoms with E-state index in [1.54, 1.807) is 0 Å². The number of rotatable bonds is 13. The summed E-state index contributed by atoms with van der Waals surface area (Å²) in [5, 5.41) is 0. The Labute approximate surface area is 117 Å². The van der Waals surface area contributed by atoms with Crippen molar-refractivity contribution in [2.45, 2.75) is 84.5 Å². The summed E-state index contributed by atoms with van der Waals surface area (Å²) >= 11 is 1.29. The summed E-state index contributed by atoms with van der Waals surface area (Å²) in [6.45, 7) is 3.72. The fourth-order valence-corrected chi connectivity index (χ4v) is 2.52. The molecule has 0 rings (SSSR count). The van der Waals surface area contributed by atoms with Crippen molar-refractivity contribution in [3.63, 3.8) is 0 Å². The minimum atomic E-state index is -0.192. The van der Waals surface area contributed by atoms with Gasteiger partial charge in [0, 0.05) is 12.7 Å². The maximum absolute atomic E-state index is 10.5.